The Morgan fingerprint density at radius 1 is 0.571 bits per heavy atom. The van der Waals surface area contributed by atoms with E-state index in [0.717, 1.165) is 44.2 Å². The number of aliphatic hydroxyl groups is 2. The minimum Gasteiger partial charge on any atom is -0.396 e. The highest BCUT2D eigenvalue weighted by atomic mass is 79.9. The third-order valence-corrected chi connectivity index (χ3v) is 3.17. The van der Waals surface area contributed by atoms with Crippen molar-refractivity contribution in [2.45, 2.75) is 25.7 Å². The first-order valence-corrected chi connectivity index (χ1v) is 10.8. The summed E-state index contributed by atoms with van der Waals surface area (Å²) in [5.41, 5.74) is 0. The van der Waals surface area contributed by atoms with Crippen molar-refractivity contribution in [1.29, 1.82) is 0 Å². The molecule has 6 nitrogen and oxygen atoms in total. The second kappa shape index (κ2) is 37.2. The first kappa shape index (κ1) is 32.1. The summed E-state index contributed by atoms with van der Waals surface area (Å²) in [5, 5.41) is 17.5. The average Bonchev–Trinajstić information content (AvgIpc) is 2.72. The van der Waals surface area contributed by atoms with Crippen LogP contribution in [0.5, 0.6) is 0 Å². The summed E-state index contributed by atoms with van der Waals surface area (Å²) in [6, 6.07) is 0. The lowest BCUT2D eigenvalue weighted by Crippen LogP contribution is -2.06. The first-order chi connectivity index (χ1) is 13.7. The van der Waals surface area contributed by atoms with Crippen molar-refractivity contribution < 1.29 is 29.2 Å². The van der Waals surface area contributed by atoms with Gasteiger partial charge in [0.25, 0.3) is 0 Å². The molecule has 0 aliphatic carbocycles. The highest BCUT2D eigenvalue weighted by Gasteiger charge is 1.90. The fraction of sp³-hybridized carbons (Fsp3) is 0.714. The van der Waals surface area contributed by atoms with Crippen molar-refractivity contribution in [3.05, 3.63) is 38.0 Å². The van der Waals surface area contributed by atoms with Gasteiger partial charge in [0.05, 0.1) is 39.6 Å². The molecule has 0 aromatic carbocycles. The summed E-state index contributed by atoms with van der Waals surface area (Å²) in [4.78, 5) is 0. The summed E-state index contributed by atoms with van der Waals surface area (Å²) in [6.45, 7) is 16.0. The molecule has 28 heavy (non-hydrogen) atoms. The molecule has 2 N–H and O–H groups in total. The molecule has 0 saturated carbocycles. The van der Waals surface area contributed by atoms with Crippen LogP contribution < -0.4 is 0 Å². The lowest BCUT2D eigenvalue weighted by molar-refractivity contribution is 0.0536. The summed E-state index contributed by atoms with van der Waals surface area (Å²) in [6.07, 6.45) is 8.99. The Labute approximate surface area is 180 Å². The van der Waals surface area contributed by atoms with E-state index in [1.54, 1.807) is 18.2 Å². The van der Waals surface area contributed by atoms with Gasteiger partial charge in [0.2, 0.25) is 0 Å². The largest absolute Gasteiger partial charge is 0.396 e. The van der Waals surface area contributed by atoms with Gasteiger partial charge in [0.15, 0.2) is 0 Å². The Kier molecular flexibility index (Phi) is 42.7. The second-order valence-corrected chi connectivity index (χ2v) is 5.90. The third-order valence-electron chi connectivity index (χ3n) is 2.71. The summed E-state index contributed by atoms with van der Waals surface area (Å²) < 4.78 is 20.7. The van der Waals surface area contributed by atoms with Crippen molar-refractivity contribution in [2.75, 3.05) is 71.4 Å². The fourth-order valence-electron chi connectivity index (χ4n) is 1.44. The standard InChI is InChI=1S/C12H22O3.C6H14O3.C3H5Br/c1-3-7-13-9-5-6-10-15-12-11-14-8-4-2;7-3-1-2-5-9-6-4-8;1-2-3-4/h3-4H,1-2,5-12H2;7-8H,1-6H2;2H,1,3H2. The maximum atomic E-state index is 8.32. The molecule has 0 amide bonds. The van der Waals surface area contributed by atoms with E-state index in [1.807, 2.05) is 0 Å². The average molecular weight is 469 g/mol. The number of halogens is 1. The molecule has 0 heterocycles. The summed E-state index contributed by atoms with van der Waals surface area (Å²) >= 11 is 3.13. The first-order valence-electron chi connectivity index (χ1n) is 9.66. The van der Waals surface area contributed by atoms with E-state index in [9.17, 15) is 0 Å². The van der Waals surface area contributed by atoms with Gasteiger partial charge >= 0.3 is 0 Å². The topological polar surface area (TPSA) is 77.4 Å². The van der Waals surface area contributed by atoms with Gasteiger partial charge in [-0.25, -0.2) is 0 Å². The van der Waals surface area contributed by atoms with E-state index < -0.39 is 0 Å². The molecule has 0 aromatic heterocycles. The number of alkyl halides is 1. The van der Waals surface area contributed by atoms with Crippen LogP contribution >= 0.6 is 15.9 Å². The molecule has 0 aromatic rings. The van der Waals surface area contributed by atoms with E-state index >= 15 is 0 Å². The number of unbranched alkanes of at least 4 members (excludes halogenated alkanes) is 2. The number of allylic oxidation sites excluding steroid dienone is 1. The van der Waals surface area contributed by atoms with Crippen molar-refractivity contribution >= 4 is 15.9 Å². The minimum atomic E-state index is 0.0825. The lowest BCUT2D eigenvalue weighted by atomic mass is 10.3. The van der Waals surface area contributed by atoms with Crippen LogP contribution in [-0.4, -0.2) is 81.6 Å². The van der Waals surface area contributed by atoms with Crippen molar-refractivity contribution in [3.8, 4) is 0 Å². The van der Waals surface area contributed by atoms with Gasteiger partial charge in [0, 0.05) is 31.8 Å². The Bertz CT molecular complexity index is 268. The number of ether oxygens (including phenoxy) is 4. The summed E-state index contributed by atoms with van der Waals surface area (Å²) in [7, 11) is 0. The van der Waals surface area contributed by atoms with Gasteiger partial charge in [-0.1, -0.05) is 34.2 Å². The Hall–Kier alpha value is -0.540. The molecule has 0 radical (unpaired) electrons. The van der Waals surface area contributed by atoms with Crippen LogP contribution in [0.3, 0.4) is 0 Å². The Morgan fingerprint density at radius 2 is 1.00 bits per heavy atom. The molecule has 0 aliphatic heterocycles. The zero-order chi connectivity index (χ0) is 21.6. The molecule has 7 heteroatoms. The van der Waals surface area contributed by atoms with Crippen LogP contribution in [0, 0.1) is 0 Å². The van der Waals surface area contributed by atoms with Crippen LogP contribution in [0.4, 0.5) is 0 Å². The maximum Gasteiger partial charge on any atom is 0.0704 e. The van der Waals surface area contributed by atoms with Gasteiger partial charge in [-0.05, 0) is 25.7 Å². The van der Waals surface area contributed by atoms with E-state index in [2.05, 4.69) is 35.7 Å². The smallest absolute Gasteiger partial charge is 0.0704 e. The number of rotatable bonds is 19. The molecule has 0 rings (SSSR count). The number of hydrogen-bond donors (Lipinski definition) is 2. The fourth-order valence-corrected chi connectivity index (χ4v) is 1.44. The molecule has 0 unspecified atom stereocenters. The van der Waals surface area contributed by atoms with Crippen LogP contribution in [0.25, 0.3) is 0 Å². The molecule has 0 fully saturated rings. The highest BCUT2D eigenvalue weighted by Crippen LogP contribution is 1.92. The maximum absolute atomic E-state index is 8.32. The zero-order valence-electron chi connectivity index (χ0n) is 17.4. The van der Waals surface area contributed by atoms with E-state index in [1.165, 1.54) is 0 Å². The van der Waals surface area contributed by atoms with Crippen LogP contribution in [0.15, 0.2) is 38.0 Å². The van der Waals surface area contributed by atoms with Gasteiger partial charge in [-0.2, -0.15) is 0 Å². The van der Waals surface area contributed by atoms with Crippen molar-refractivity contribution in [3.63, 3.8) is 0 Å². The Balaban J connectivity index is -0.000000406. The number of aliphatic hydroxyl groups excluding tert-OH is 2. The molecular weight excluding hydrogens is 428 g/mol. The lowest BCUT2D eigenvalue weighted by Gasteiger charge is -2.04. The molecule has 0 spiro atoms. The molecular formula is C21H41BrO6. The highest BCUT2D eigenvalue weighted by molar-refractivity contribution is 9.09. The molecule has 0 saturated heterocycles. The van der Waals surface area contributed by atoms with Gasteiger partial charge in [0.1, 0.15) is 0 Å². The van der Waals surface area contributed by atoms with Crippen LogP contribution in [0.1, 0.15) is 25.7 Å². The second-order valence-electron chi connectivity index (χ2n) is 5.26. The Morgan fingerprint density at radius 3 is 1.46 bits per heavy atom. The summed E-state index contributed by atoms with van der Waals surface area (Å²) in [5.74, 6) is 0. The predicted molar refractivity (Wildman–Crippen MR) is 120 cm³/mol. The minimum absolute atomic E-state index is 0.0825. The molecule has 168 valence electrons. The van der Waals surface area contributed by atoms with Crippen LogP contribution in [-0.2, 0) is 18.9 Å². The van der Waals surface area contributed by atoms with Crippen LogP contribution in [0.2, 0.25) is 0 Å². The molecule has 0 aliphatic rings. The van der Waals surface area contributed by atoms with E-state index in [0.29, 0.717) is 39.6 Å². The van der Waals surface area contributed by atoms with E-state index in [4.69, 9.17) is 29.2 Å². The van der Waals surface area contributed by atoms with E-state index in [-0.39, 0.29) is 13.2 Å². The SMILES string of the molecule is C=CCBr.C=CCOCCCCOCCOCC=C.OCCCCOCCO. The van der Waals surface area contributed by atoms with Gasteiger partial charge < -0.3 is 29.2 Å². The van der Waals surface area contributed by atoms with Crippen molar-refractivity contribution in [1.82, 2.24) is 0 Å². The third kappa shape index (κ3) is 44.7. The number of hydrogen-bond acceptors (Lipinski definition) is 6. The van der Waals surface area contributed by atoms with Gasteiger partial charge in [-0.15, -0.1) is 19.7 Å². The normalized spacial score (nSPS) is 9.54. The monoisotopic (exact) mass is 468 g/mol. The molecule has 0 bridgehead atoms. The van der Waals surface area contributed by atoms with Crippen molar-refractivity contribution in [2.24, 2.45) is 0 Å². The predicted octanol–water partition coefficient (Wildman–Crippen LogP) is 3.52. The quantitative estimate of drug-likeness (QED) is 0.171. The molecule has 0 atom stereocenters. The van der Waals surface area contributed by atoms with Gasteiger partial charge in [-0.3, -0.25) is 0 Å². The zero-order valence-corrected chi connectivity index (χ0v) is 19.0.